The highest BCUT2D eigenvalue weighted by molar-refractivity contribution is 9.10. The molecule has 1 aromatic heterocycles. The van der Waals surface area contributed by atoms with Gasteiger partial charge in [-0.3, -0.25) is 0 Å². The Bertz CT molecular complexity index is 708. The van der Waals surface area contributed by atoms with E-state index in [0.29, 0.717) is 5.88 Å². The summed E-state index contributed by atoms with van der Waals surface area (Å²) in [7, 11) is 0. The summed E-state index contributed by atoms with van der Waals surface area (Å²) in [5.74, 6) is 0.386. The van der Waals surface area contributed by atoms with E-state index in [0.717, 1.165) is 26.6 Å². The summed E-state index contributed by atoms with van der Waals surface area (Å²) in [4.78, 5) is 0. The molecule has 0 radical (unpaired) electrons. The van der Waals surface area contributed by atoms with Crippen molar-refractivity contribution in [3.63, 3.8) is 0 Å². The van der Waals surface area contributed by atoms with E-state index in [1.165, 1.54) is 0 Å². The molecule has 3 rings (SSSR count). The molecule has 0 saturated heterocycles. The van der Waals surface area contributed by atoms with Crippen LogP contribution in [0, 0.1) is 0 Å². The molecule has 0 N–H and O–H groups in total. The molecular weight excluding hydrogens is 314 g/mol. The molecule has 0 saturated carbocycles. The first kappa shape index (κ1) is 11.7. The Morgan fingerprint density at radius 3 is 2.67 bits per heavy atom. The monoisotopic (exact) mass is 321 g/mol. The number of hydrogen-bond donors (Lipinski definition) is 0. The van der Waals surface area contributed by atoms with Crippen LogP contribution >= 0.6 is 27.5 Å². The molecule has 0 bridgehead atoms. The van der Waals surface area contributed by atoms with Crippen LogP contribution in [-0.2, 0) is 5.88 Å². The standard InChI is InChI=1S/C13H9BrClN3/c14-12-5-6-13(11-4-2-1-3-10(11)12)18-9(7-15)8-16-17-18/h1-6,8H,7H2. The molecule has 1 heterocycles. The van der Waals surface area contributed by atoms with Crippen molar-refractivity contribution in [2.24, 2.45) is 0 Å². The van der Waals surface area contributed by atoms with Crippen molar-refractivity contribution in [1.29, 1.82) is 0 Å². The lowest BCUT2D eigenvalue weighted by Gasteiger charge is -2.09. The van der Waals surface area contributed by atoms with Crippen LogP contribution in [0.2, 0.25) is 0 Å². The van der Waals surface area contributed by atoms with Crippen LogP contribution in [0.5, 0.6) is 0 Å². The number of fused-ring (bicyclic) bond motifs is 1. The minimum Gasteiger partial charge on any atom is -0.216 e. The predicted molar refractivity (Wildman–Crippen MR) is 76.1 cm³/mol. The van der Waals surface area contributed by atoms with Crippen LogP contribution in [0.15, 0.2) is 47.1 Å². The fourth-order valence-corrected chi connectivity index (χ4v) is 2.64. The van der Waals surface area contributed by atoms with Gasteiger partial charge in [-0.25, -0.2) is 4.68 Å². The van der Waals surface area contributed by atoms with E-state index in [2.05, 4.69) is 38.4 Å². The van der Waals surface area contributed by atoms with Gasteiger partial charge in [0.1, 0.15) is 0 Å². The first-order valence-electron chi connectivity index (χ1n) is 5.44. The zero-order valence-corrected chi connectivity index (χ0v) is 11.7. The van der Waals surface area contributed by atoms with Gasteiger partial charge in [-0.2, -0.15) is 0 Å². The van der Waals surface area contributed by atoms with Crippen molar-refractivity contribution < 1.29 is 0 Å². The number of hydrogen-bond acceptors (Lipinski definition) is 2. The van der Waals surface area contributed by atoms with Gasteiger partial charge in [0.2, 0.25) is 0 Å². The third-order valence-corrected chi connectivity index (χ3v) is 3.80. The Morgan fingerprint density at radius 2 is 1.89 bits per heavy atom. The number of halogens is 2. The number of alkyl halides is 1. The van der Waals surface area contributed by atoms with Crippen molar-refractivity contribution in [3.05, 3.63) is 52.8 Å². The summed E-state index contributed by atoms with van der Waals surface area (Å²) in [6.45, 7) is 0. The fourth-order valence-electron chi connectivity index (χ4n) is 1.98. The van der Waals surface area contributed by atoms with E-state index in [1.807, 2.05) is 24.3 Å². The lowest BCUT2D eigenvalue weighted by Crippen LogP contribution is -2.01. The maximum atomic E-state index is 5.90. The summed E-state index contributed by atoms with van der Waals surface area (Å²) >= 11 is 9.45. The van der Waals surface area contributed by atoms with E-state index in [1.54, 1.807) is 10.9 Å². The molecule has 3 aromatic rings. The van der Waals surface area contributed by atoms with Gasteiger partial charge in [-0.1, -0.05) is 45.4 Å². The second-order valence-electron chi connectivity index (χ2n) is 3.88. The van der Waals surface area contributed by atoms with Gasteiger partial charge in [0.05, 0.1) is 23.5 Å². The molecule has 0 unspecified atom stereocenters. The third-order valence-electron chi connectivity index (χ3n) is 2.83. The second-order valence-corrected chi connectivity index (χ2v) is 5.00. The van der Waals surface area contributed by atoms with E-state index in [-0.39, 0.29) is 0 Å². The number of nitrogens with zero attached hydrogens (tertiary/aromatic N) is 3. The maximum absolute atomic E-state index is 5.90. The Hall–Kier alpha value is -1.39. The second kappa shape index (κ2) is 4.71. The van der Waals surface area contributed by atoms with Crippen molar-refractivity contribution >= 4 is 38.3 Å². The maximum Gasteiger partial charge on any atom is 0.0793 e. The molecule has 0 atom stereocenters. The van der Waals surface area contributed by atoms with E-state index in [9.17, 15) is 0 Å². The van der Waals surface area contributed by atoms with Gasteiger partial charge in [0, 0.05) is 9.86 Å². The van der Waals surface area contributed by atoms with Crippen molar-refractivity contribution in [3.8, 4) is 5.69 Å². The summed E-state index contributed by atoms with van der Waals surface area (Å²) in [6, 6.07) is 12.2. The smallest absolute Gasteiger partial charge is 0.0793 e. The SMILES string of the molecule is ClCc1cnnn1-c1ccc(Br)c2ccccc12. The molecule has 90 valence electrons. The van der Waals surface area contributed by atoms with Crippen LogP contribution in [0.1, 0.15) is 5.69 Å². The Kier molecular flexibility index (Phi) is 3.06. The van der Waals surface area contributed by atoms with Gasteiger partial charge >= 0.3 is 0 Å². The Balaban J connectivity index is 2.34. The zero-order valence-electron chi connectivity index (χ0n) is 9.35. The van der Waals surface area contributed by atoms with Gasteiger partial charge in [0.15, 0.2) is 0 Å². The summed E-state index contributed by atoms with van der Waals surface area (Å²) in [5, 5.41) is 10.3. The van der Waals surface area contributed by atoms with Crippen LogP contribution in [0.4, 0.5) is 0 Å². The minimum atomic E-state index is 0.386. The molecule has 0 spiro atoms. The minimum absolute atomic E-state index is 0.386. The zero-order chi connectivity index (χ0) is 12.5. The van der Waals surface area contributed by atoms with Crippen molar-refractivity contribution in [1.82, 2.24) is 15.0 Å². The fraction of sp³-hybridized carbons (Fsp3) is 0.0769. The van der Waals surface area contributed by atoms with Gasteiger partial charge in [0.25, 0.3) is 0 Å². The molecule has 5 heteroatoms. The molecule has 18 heavy (non-hydrogen) atoms. The van der Waals surface area contributed by atoms with E-state index < -0.39 is 0 Å². The molecule has 3 nitrogen and oxygen atoms in total. The summed E-state index contributed by atoms with van der Waals surface area (Å²) in [6.07, 6.45) is 1.68. The van der Waals surface area contributed by atoms with Gasteiger partial charge in [-0.05, 0) is 17.5 Å². The third kappa shape index (κ3) is 1.82. The number of rotatable bonds is 2. The topological polar surface area (TPSA) is 30.7 Å². The molecule has 2 aromatic carbocycles. The van der Waals surface area contributed by atoms with Gasteiger partial charge < -0.3 is 0 Å². The van der Waals surface area contributed by atoms with E-state index in [4.69, 9.17) is 11.6 Å². The highest BCUT2D eigenvalue weighted by Gasteiger charge is 2.10. The highest BCUT2D eigenvalue weighted by atomic mass is 79.9. The lowest BCUT2D eigenvalue weighted by molar-refractivity contribution is 0.786. The Morgan fingerprint density at radius 1 is 1.11 bits per heavy atom. The molecule has 0 amide bonds. The summed E-state index contributed by atoms with van der Waals surface area (Å²) < 4.78 is 2.84. The molecule has 0 fully saturated rings. The number of benzene rings is 2. The first-order valence-corrected chi connectivity index (χ1v) is 6.77. The van der Waals surface area contributed by atoms with Gasteiger partial charge in [-0.15, -0.1) is 16.7 Å². The Labute approximate surface area is 118 Å². The molecular formula is C13H9BrClN3. The van der Waals surface area contributed by atoms with Crippen LogP contribution in [0.25, 0.3) is 16.5 Å². The average Bonchev–Trinajstić information content (AvgIpc) is 2.88. The van der Waals surface area contributed by atoms with E-state index >= 15 is 0 Å². The molecule has 0 aliphatic rings. The van der Waals surface area contributed by atoms with Crippen LogP contribution in [-0.4, -0.2) is 15.0 Å². The normalized spacial score (nSPS) is 11.0. The largest absolute Gasteiger partial charge is 0.216 e. The van der Waals surface area contributed by atoms with Crippen LogP contribution < -0.4 is 0 Å². The molecule has 0 aliphatic carbocycles. The lowest BCUT2D eigenvalue weighted by atomic mass is 10.1. The molecule has 0 aliphatic heterocycles. The number of aromatic nitrogens is 3. The quantitative estimate of drug-likeness (QED) is 0.669. The van der Waals surface area contributed by atoms with Crippen molar-refractivity contribution in [2.45, 2.75) is 5.88 Å². The average molecular weight is 323 g/mol. The summed E-state index contributed by atoms with van der Waals surface area (Å²) in [5.41, 5.74) is 1.87. The van der Waals surface area contributed by atoms with Crippen molar-refractivity contribution in [2.75, 3.05) is 0 Å². The first-order chi connectivity index (χ1) is 8.81. The highest BCUT2D eigenvalue weighted by Crippen LogP contribution is 2.29. The predicted octanol–water partition coefficient (Wildman–Crippen LogP) is 3.92. The van der Waals surface area contributed by atoms with Crippen LogP contribution in [0.3, 0.4) is 0 Å².